The number of nitrogens with zero attached hydrogens (tertiary/aromatic N) is 1. The summed E-state index contributed by atoms with van der Waals surface area (Å²) in [6.45, 7) is 5.72. The van der Waals surface area contributed by atoms with E-state index in [9.17, 15) is 0 Å². The molecule has 0 amide bonds. The lowest BCUT2D eigenvalue weighted by Gasteiger charge is -2.19. The third-order valence-corrected chi connectivity index (χ3v) is 4.17. The first kappa shape index (κ1) is 25.7. The fourth-order valence-corrected chi connectivity index (χ4v) is 2.72. The highest BCUT2D eigenvalue weighted by Crippen LogP contribution is 2.28. The molecule has 7 nitrogen and oxygen atoms in total. The molecular weight excluding hydrogens is 497 g/mol. The summed E-state index contributed by atoms with van der Waals surface area (Å²) in [4.78, 5) is 4.26. The van der Waals surface area contributed by atoms with Gasteiger partial charge in [-0.25, -0.2) is 0 Å². The second-order valence-corrected chi connectivity index (χ2v) is 6.30. The third-order valence-electron chi connectivity index (χ3n) is 4.17. The number of hydrogen-bond donors (Lipinski definition) is 2. The molecule has 0 aliphatic heterocycles. The summed E-state index contributed by atoms with van der Waals surface area (Å²) in [5.74, 6) is 3.57. The van der Waals surface area contributed by atoms with E-state index in [1.165, 1.54) is 0 Å². The van der Waals surface area contributed by atoms with Crippen molar-refractivity contribution in [1.29, 1.82) is 0 Å². The van der Waals surface area contributed by atoms with E-state index in [-0.39, 0.29) is 30.1 Å². The van der Waals surface area contributed by atoms with Gasteiger partial charge in [-0.1, -0.05) is 18.2 Å². The summed E-state index contributed by atoms with van der Waals surface area (Å²) in [5, 5.41) is 6.57. The Bertz CT molecular complexity index is 802. The van der Waals surface area contributed by atoms with Gasteiger partial charge >= 0.3 is 0 Å². The van der Waals surface area contributed by atoms with Crippen molar-refractivity contribution in [3.8, 4) is 23.0 Å². The summed E-state index contributed by atoms with van der Waals surface area (Å²) in [6.07, 6.45) is -0.0737. The van der Waals surface area contributed by atoms with Crippen LogP contribution < -0.4 is 29.6 Å². The van der Waals surface area contributed by atoms with Crippen LogP contribution in [0.25, 0.3) is 0 Å². The van der Waals surface area contributed by atoms with Crippen LogP contribution in [0.3, 0.4) is 0 Å². The number of aliphatic imine (C=N–C) groups is 1. The fraction of sp³-hybridized carbons (Fsp3) is 0.409. The molecule has 2 rings (SSSR count). The first-order valence-electron chi connectivity index (χ1n) is 9.65. The summed E-state index contributed by atoms with van der Waals surface area (Å²) in [6, 6.07) is 13.5. The predicted molar refractivity (Wildman–Crippen MR) is 131 cm³/mol. The maximum absolute atomic E-state index is 5.96. The van der Waals surface area contributed by atoms with Crippen LogP contribution in [0.4, 0.5) is 0 Å². The van der Waals surface area contributed by atoms with Gasteiger partial charge in [0.1, 0.15) is 6.10 Å². The van der Waals surface area contributed by atoms with E-state index in [1.807, 2.05) is 56.3 Å². The van der Waals surface area contributed by atoms with Crippen molar-refractivity contribution in [2.24, 2.45) is 4.99 Å². The quantitative estimate of drug-likeness (QED) is 0.277. The van der Waals surface area contributed by atoms with Gasteiger partial charge in [0.15, 0.2) is 29.0 Å². The van der Waals surface area contributed by atoms with E-state index in [0.717, 1.165) is 11.3 Å². The van der Waals surface area contributed by atoms with E-state index < -0.39 is 0 Å². The number of halogens is 1. The van der Waals surface area contributed by atoms with Crippen molar-refractivity contribution in [3.05, 3.63) is 48.0 Å². The van der Waals surface area contributed by atoms with Gasteiger partial charge in [-0.3, -0.25) is 4.99 Å². The molecule has 0 fully saturated rings. The number of guanidine groups is 1. The van der Waals surface area contributed by atoms with Gasteiger partial charge in [-0.05, 0) is 43.7 Å². The smallest absolute Gasteiger partial charge is 0.191 e. The van der Waals surface area contributed by atoms with Crippen LogP contribution in [0, 0.1) is 0 Å². The van der Waals surface area contributed by atoms with Crippen LogP contribution in [0.2, 0.25) is 0 Å². The highest BCUT2D eigenvalue weighted by molar-refractivity contribution is 14.0. The lowest BCUT2D eigenvalue weighted by molar-refractivity contribution is 0.213. The number of nitrogens with one attached hydrogen (secondary N) is 2. The fourth-order valence-electron chi connectivity index (χ4n) is 2.72. The molecule has 0 aliphatic rings. The van der Waals surface area contributed by atoms with Crippen molar-refractivity contribution in [2.75, 3.05) is 34.4 Å². The highest BCUT2D eigenvalue weighted by Gasteiger charge is 2.10. The summed E-state index contributed by atoms with van der Waals surface area (Å²) >= 11 is 0. The number of ether oxygens (including phenoxy) is 4. The maximum atomic E-state index is 5.96. The van der Waals surface area contributed by atoms with Crippen LogP contribution in [0.5, 0.6) is 23.0 Å². The van der Waals surface area contributed by atoms with Crippen LogP contribution >= 0.6 is 24.0 Å². The molecule has 2 aromatic carbocycles. The van der Waals surface area contributed by atoms with Crippen LogP contribution in [0.15, 0.2) is 47.5 Å². The lowest BCUT2D eigenvalue weighted by Crippen LogP contribution is -2.41. The van der Waals surface area contributed by atoms with Crippen molar-refractivity contribution < 1.29 is 18.9 Å². The van der Waals surface area contributed by atoms with Crippen molar-refractivity contribution >= 4 is 29.9 Å². The van der Waals surface area contributed by atoms with Crippen molar-refractivity contribution in [2.45, 2.75) is 26.5 Å². The number of rotatable bonds is 10. The molecular formula is C22H32IN3O4. The Hall–Kier alpha value is -2.36. The molecule has 0 aliphatic carbocycles. The number of hydrogen-bond acceptors (Lipinski definition) is 5. The molecule has 2 N–H and O–H groups in total. The highest BCUT2D eigenvalue weighted by atomic mass is 127. The Kier molecular flexibility index (Phi) is 11.8. The third kappa shape index (κ3) is 7.81. The summed E-state index contributed by atoms with van der Waals surface area (Å²) < 4.78 is 22.2. The van der Waals surface area contributed by atoms with Gasteiger partial charge in [0.2, 0.25) is 0 Å². The Morgan fingerprint density at radius 1 is 0.967 bits per heavy atom. The second kappa shape index (κ2) is 13.8. The molecule has 1 atom stereocenters. The van der Waals surface area contributed by atoms with Crippen molar-refractivity contribution in [1.82, 2.24) is 10.6 Å². The minimum Gasteiger partial charge on any atom is -0.493 e. The van der Waals surface area contributed by atoms with E-state index in [4.69, 9.17) is 18.9 Å². The molecule has 1 unspecified atom stereocenters. The van der Waals surface area contributed by atoms with E-state index >= 15 is 0 Å². The Labute approximate surface area is 196 Å². The normalized spacial score (nSPS) is 11.7. The zero-order valence-electron chi connectivity index (χ0n) is 18.2. The molecule has 8 heteroatoms. The van der Waals surface area contributed by atoms with Gasteiger partial charge in [0.25, 0.3) is 0 Å². The van der Waals surface area contributed by atoms with Crippen LogP contribution in [-0.4, -0.2) is 46.5 Å². The topological polar surface area (TPSA) is 73.3 Å². The van der Waals surface area contributed by atoms with Gasteiger partial charge in [0, 0.05) is 13.6 Å². The molecule has 0 bridgehead atoms. The van der Waals surface area contributed by atoms with Gasteiger partial charge in [-0.2, -0.15) is 0 Å². The molecule has 166 valence electrons. The minimum atomic E-state index is -0.0737. The monoisotopic (exact) mass is 529 g/mol. The first-order chi connectivity index (χ1) is 14.1. The largest absolute Gasteiger partial charge is 0.493 e. The lowest BCUT2D eigenvalue weighted by atomic mass is 10.2. The molecule has 0 saturated carbocycles. The van der Waals surface area contributed by atoms with Crippen molar-refractivity contribution in [3.63, 3.8) is 0 Å². The van der Waals surface area contributed by atoms with Gasteiger partial charge in [-0.15, -0.1) is 24.0 Å². The number of benzene rings is 2. The van der Waals surface area contributed by atoms with Gasteiger partial charge < -0.3 is 29.6 Å². The van der Waals surface area contributed by atoms with Crippen LogP contribution in [0.1, 0.15) is 19.4 Å². The second-order valence-electron chi connectivity index (χ2n) is 6.30. The number of para-hydroxylation sites is 2. The Morgan fingerprint density at radius 2 is 1.67 bits per heavy atom. The first-order valence-corrected chi connectivity index (χ1v) is 9.65. The molecule has 0 spiro atoms. The molecule has 30 heavy (non-hydrogen) atoms. The summed E-state index contributed by atoms with van der Waals surface area (Å²) in [5.41, 5.74) is 1.06. The molecule has 2 aromatic rings. The maximum Gasteiger partial charge on any atom is 0.191 e. The summed E-state index contributed by atoms with van der Waals surface area (Å²) in [7, 11) is 5.01. The van der Waals surface area contributed by atoms with E-state index in [2.05, 4.69) is 15.6 Å². The van der Waals surface area contributed by atoms with Crippen LogP contribution in [-0.2, 0) is 6.54 Å². The number of methoxy groups -OCH3 is 2. The average molecular weight is 529 g/mol. The molecule has 0 saturated heterocycles. The Balaban J connectivity index is 0.00000450. The predicted octanol–water partition coefficient (Wildman–Crippen LogP) is 3.85. The minimum absolute atomic E-state index is 0. The van der Waals surface area contributed by atoms with E-state index in [1.54, 1.807) is 21.3 Å². The SMILES string of the molecule is CCOc1ccc(CNC(=NC)NCC(C)Oc2ccccc2OC)cc1OC.I. The molecule has 0 radical (unpaired) electrons. The van der Waals surface area contributed by atoms with E-state index in [0.29, 0.717) is 42.9 Å². The zero-order valence-corrected chi connectivity index (χ0v) is 20.6. The van der Waals surface area contributed by atoms with Gasteiger partial charge in [0.05, 0.1) is 27.4 Å². The average Bonchev–Trinajstić information content (AvgIpc) is 2.75. The standard InChI is InChI=1S/C22H31N3O4.HI/c1-6-28-19-12-11-17(13-21(19)27-5)15-25-22(23-3)24-14-16(2)29-20-10-8-7-9-18(20)26-4;/h7-13,16H,6,14-15H2,1-5H3,(H2,23,24,25);1H. The Morgan fingerprint density at radius 3 is 2.30 bits per heavy atom. The zero-order chi connectivity index (χ0) is 21.1. The molecule has 0 aromatic heterocycles. The molecule has 0 heterocycles.